The number of Topliss-reactive ketones (excluding diaryl/α,β-unsaturated/α-hetero) is 1. The zero-order valence-electron chi connectivity index (χ0n) is 12.2. The molecule has 1 aromatic carbocycles. The highest BCUT2D eigenvalue weighted by atomic mass is 79.9. The molecule has 0 spiro atoms. The van der Waals surface area contributed by atoms with Crippen LogP contribution >= 0.6 is 23.3 Å². The van der Waals surface area contributed by atoms with Crippen LogP contribution in [0.15, 0.2) is 24.3 Å². The van der Waals surface area contributed by atoms with E-state index >= 15 is 0 Å². The molecule has 5 heteroatoms. The van der Waals surface area contributed by atoms with E-state index in [-0.39, 0.29) is 5.78 Å². The molecule has 0 saturated carbocycles. The van der Waals surface area contributed by atoms with E-state index in [4.69, 9.17) is 4.74 Å². The molecule has 0 aliphatic carbocycles. The normalized spacial score (nSPS) is 23.0. The third kappa shape index (κ3) is 3.82. The molecule has 0 atom stereocenters. The molecule has 2 heterocycles. The molecule has 0 unspecified atom stereocenters. The van der Waals surface area contributed by atoms with E-state index in [1.54, 1.807) is 0 Å². The highest BCUT2D eigenvalue weighted by Crippen LogP contribution is 2.60. The molecule has 3 rings (SSSR count). The van der Waals surface area contributed by atoms with Crippen LogP contribution in [-0.2, 0) is 4.74 Å². The quantitative estimate of drug-likeness (QED) is 0.757. The minimum atomic E-state index is -0.846. The van der Waals surface area contributed by atoms with Crippen molar-refractivity contribution >= 4 is 34.7 Å². The highest BCUT2D eigenvalue weighted by Gasteiger charge is 2.28. The number of ketones is 1. The summed E-state index contributed by atoms with van der Waals surface area (Å²) in [6.07, 6.45) is 2.54. The lowest BCUT2D eigenvalue weighted by Gasteiger charge is -2.29. The molecule has 116 valence electrons. The second kappa shape index (κ2) is 6.71. The monoisotopic (exact) mass is 371 g/mol. The first-order valence-corrected chi connectivity index (χ1v) is 11.6. The van der Waals surface area contributed by atoms with Crippen LogP contribution in [0.3, 0.4) is 0 Å². The Bertz CT molecular complexity index is 494. The van der Waals surface area contributed by atoms with Crippen molar-refractivity contribution in [3.05, 3.63) is 29.8 Å². The zero-order valence-corrected chi connectivity index (χ0v) is 14.6. The van der Waals surface area contributed by atoms with Crippen LogP contribution in [0.2, 0.25) is 0 Å². The molecular weight excluding hydrogens is 350 g/mol. The van der Waals surface area contributed by atoms with E-state index in [1.807, 2.05) is 12.1 Å². The second-order valence-corrected chi connectivity index (χ2v) is 12.9. The summed E-state index contributed by atoms with van der Waals surface area (Å²) in [6, 6.07) is 8.11. The Morgan fingerprint density at radius 3 is 2.38 bits per heavy atom. The average molecular weight is 372 g/mol. The van der Waals surface area contributed by atoms with Gasteiger partial charge in [-0.3, -0.25) is 4.79 Å². The van der Waals surface area contributed by atoms with Gasteiger partial charge in [-0.15, -0.1) is 0 Å². The molecule has 2 fully saturated rings. The number of carbonyl (C=O) groups is 1. The molecule has 0 radical (unpaired) electrons. The summed E-state index contributed by atoms with van der Waals surface area (Å²) >= 11 is 3.86. The molecule has 2 aliphatic rings. The first-order chi connectivity index (χ1) is 10.2. The molecular formula is C16H22BrNO2S. The van der Waals surface area contributed by atoms with Crippen LogP contribution in [-0.4, -0.2) is 49.3 Å². The molecule has 1 aromatic rings. The first kappa shape index (κ1) is 15.4. The maximum Gasteiger partial charge on any atom is 0.171 e. The van der Waals surface area contributed by atoms with Crippen molar-refractivity contribution in [3.63, 3.8) is 0 Å². The van der Waals surface area contributed by atoms with Crippen LogP contribution in [0.4, 0.5) is 5.69 Å². The summed E-state index contributed by atoms with van der Waals surface area (Å²) in [4.78, 5) is 14.8. The van der Waals surface area contributed by atoms with Gasteiger partial charge in [0.1, 0.15) is 0 Å². The fraction of sp³-hybridized carbons (Fsp3) is 0.562. The lowest BCUT2D eigenvalue weighted by atomic mass is 10.1. The van der Waals surface area contributed by atoms with Gasteiger partial charge >= 0.3 is 0 Å². The molecule has 0 aromatic heterocycles. The Morgan fingerprint density at radius 2 is 1.76 bits per heavy atom. The van der Waals surface area contributed by atoms with E-state index in [1.165, 1.54) is 30.0 Å². The van der Waals surface area contributed by atoms with Crippen molar-refractivity contribution in [3.8, 4) is 0 Å². The summed E-state index contributed by atoms with van der Waals surface area (Å²) in [7, 11) is -0.846. The SMILES string of the molecule is O=C(CS1(Br)CCCC1)c1ccc(N2CCOCC2)cc1. The Morgan fingerprint density at radius 1 is 1.14 bits per heavy atom. The number of rotatable bonds is 4. The Balaban J connectivity index is 1.64. The van der Waals surface area contributed by atoms with Crippen molar-refractivity contribution in [2.45, 2.75) is 12.8 Å². The van der Waals surface area contributed by atoms with Gasteiger partial charge in [-0.2, -0.15) is 8.46 Å². The van der Waals surface area contributed by atoms with Gasteiger partial charge in [-0.25, -0.2) is 0 Å². The third-order valence-electron chi connectivity index (χ3n) is 4.23. The van der Waals surface area contributed by atoms with E-state index in [2.05, 4.69) is 31.8 Å². The summed E-state index contributed by atoms with van der Waals surface area (Å²) in [6.45, 7) is 3.44. The van der Waals surface area contributed by atoms with Gasteiger partial charge in [0.05, 0.1) is 19.0 Å². The number of benzene rings is 1. The van der Waals surface area contributed by atoms with Crippen molar-refractivity contribution in [2.75, 3.05) is 48.5 Å². The maximum absolute atomic E-state index is 12.5. The van der Waals surface area contributed by atoms with E-state index in [0.29, 0.717) is 5.75 Å². The van der Waals surface area contributed by atoms with Gasteiger partial charge in [0.25, 0.3) is 0 Å². The molecule has 0 amide bonds. The fourth-order valence-corrected chi connectivity index (χ4v) is 7.54. The highest BCUT2D eigenvalue weighted by molar-refractivity contribution is 9.58. The summed E-state index contributed by atoms with van der Waals surface area (Å²) in [5.41, 5.74) is 2.04. The van der Waals surface area contributed by atoms with E-state index in [0.717, 1.165) is 31.9 Å². The molecule has 21 heavy (non-hydrogen) atoms. The summed E-state index contributed by atoms with van der Waals surface area (Å²) in [5, 5.41) is 0. The lowest BCUT2D eigenvalue weighted by molar-refractivity contribution is 0.102. The average Bonchev–Trinajstić information content (AvgIpc) is 2.94. The number of carbonyl (C=O) groups excluding carboxylic acids is 1. The molecule has 3 nitrogen and oxygen atoms in total. The van der Waals surface area contributed by atoms with Crippen LogP contribution in [0.25, 0.3) is 0 Å². The Hall–Kier alpha value is -0.520. The van der Waals surface area contributed by atoms with Gasteiger partial charge in [-0.05, 0) is 63.4 Å². The number of halogens is 1. The lowest BCUT2D eigenvalue weighted by Crippen LogP contribution is -2.36. The van der Waals surface area contributed by atoms with E-state index < -0.39 is 8.46 Å². The molecule has 2 aliphatic heterocycles. The largest absolute Gasteiger partial charge is 0.378 e. The van der Waals surface area contributed by atoms with Crippen LogP contribution in [0, 0.1) is 0 Å². The predicted molar refractivity (Wildman–Crippen MR) is 94.2 cm³/mol. The minimum Gasteiger partial charge on any atom is -0.378 e. The number of morpholine rings is 1. The van der Waals surface area contributed by atoms with Gasteiger partial charge in [0, 0.05) is 24.3 Å². The van der Waals surface area contributed by atoms with Crippen LogP contribution < -0.4 is 4.90 Å². The van der Waals surface area contributed by atoms with Crippen molar-refractivity contribution in [1.29, 1.82) is 0 Å². The van der Waals surface area contributed by atoms with Gasteiger partial charge in [0.2, 0.25) is 0 Å². The summed E-state index contributed by atoms with van der Waals surface area (Å²) in [5.74, 6) is 3.39. The number of ether oxygens (including phenoxy) is 1. The van der Waals surface area contributed by atoms with Crippen molar-refractivity contribution in [1.82, 2.24) is 0 Å². The fourth-order valence-electron chi connectivity index (χ4n) is 2.97. The number of anilines is 1. The minimum absolute atomic E-state index is 0.289. The predicted octanol–water partition coefficient (Wildman–Crippen LogP) is 3.61. The third-order valence-corrected chi connectivity index (χ3v) is 9.68. The van der Waals surface area contributed by atoms with Gasteiger partial charge in [-0.1, -0.05) is 0 Å². The number of hydrogen-bond donors (Lipinski definition) is 0. The standard InChI is InChI=1S/C16H22BrNO2S/c17-21(11-1-2-12-21)13-16(19)14-3-5-15(6-4-14)18-7-9-20-10-8-18/h3-6H,1-2,7-13H2. The van der Waals surface area contributed by atoms with Gasteiger partial charge < -0.3 is 9.64 Å². The number of nitrogens with zero attached hydrogens (tertiary/aromatic N) is 1. The smallest absolute Gasteiger partial charge is 0.171 e. The first-order valence-electron chi connectivity index (χ1n) is 7.58. The molecule has 2 saturated heterocycles. The molecule has 0 N–H and O–H groups in total. The zero-order chi connectivity index (χ0) is 14.7. The Kier molecular flexibility index (Phi) is 4.92. The van der Waals surface area contributed by atoms with Crippen molar-refractivity contribution < 1.29 is 9.53 Å². The van der Waals surface area contributed by atoms with Gasteiger partial charge in [0.15, 0.2) is 5.78 Å². The molecule has 0 bridgehead atoms. The topological polar surface area (TPSA) is 29.5 Å². The maximum atomic E-state index is 12.5. The number of hydrogen-bond acceptors (Lipinski definition) is 3. The van der Waals surface area contributed by atoms with Crippen molar-refractivity contribution in [2.24, 2.45) is 0 Å². The van der Waals surface area contributed by atoms with Crippen LogP contribution in [0.1, 0.15) is 23.2 Å². The second-order valence-electron chi connectivity index (χ2n) is 5.77. The Labute approximate surface area is 135 Å². The van der Waals surface area contributed by atoms with Crippen LogP contribution in [0.5, 0.6) is 0 Å². The summed E-state index contributed by atoms with van der Waals surface area (Å²) < 4.78 is 5.37. The van der Waals surface area contributed by atoms with E-state index in [9.17, 15) is 4.79 Å².